The van der Waals surface area contributed by atoms with Gasteiger partial charge in [-0.1, -0.05) is 30.3 Å². The van der Waals surface area contributed by atoms with E-state index < -0.39 is 0 Å². The summed E-state index contributed by atoms with van der Waals surface area (Å²) in [5.41, 5.74) is 9.30. The largest absolute Gasteiger partial charge is 0.465 e. The fourth-order valence-electron chi connectivity index (χ4n) is 4.06. The Labute approximate surface area is 174 Å². The van der Waals surface area contributed by atoms with Gasteiger partial charge in [-0.15, -0.1) is 0 Å². The number of methoxy groups -OCH3 is 1. The van der Waals surface area contributed by atoms with Gasteiger partial charge < -0.3 is 4.74 Å². The molecule has 0 spiro atoms. The number of carbonyl (C=O) groups excluding carboxylic acids is 1. The van der Waals surface area contributed by atoms with E-state index in [1.165, 1.54) is 40.8 Å². The van der Waals surface area contributed by atoms with Crippen LogP contribution in [0.25, 0.3) is 0 Å². The van der Waals surface area contributed by atoms with E-state index in [9.17, 15) is 4.79 Å². The molecule has 0 N–H and O–H groups in total. The molecule has 2 aromatic carbocycles. The van der Waals surface area contributed by atoms with Crippen molar-refractivity contribution in [2.75, 3.05) is 7.11 Å². The number of benzene rings is 2. The normalized spacial score (nSPS) is 15.2. The van der Waals surface area contributed by atoms with Crippen LogP contribution in [0.5, 0.6) is 0 Å². The van der Waals surface area contributed by atoms with Crippen LogP contribution in [0.4, 0.5) is 0 Å². The average Bonchev–Trinajstić information content (AvgIpc) is 2.93. The Balaban J connectivity index is 2.04. The highest BCUT2D eigenvalue weighted by molar-refractivity contribution is 5.89. The number of ether oxygens (including phenoxy) is 1. The van der Waals surface area contributed by atoms with Crippen molar-refractivity contribution in [3.05, 3.63) is 81.6 Å². The van der Waals surface area contributed by atoms with Gasteiger partial charge in [-0.05, 0) is 93.3 Å². The molecule has 3 heteroatoms. The van der Waals surface area contributed by atoms with Gasteiger partial charge in [0, 0.05) is 17.3 Å². The molecule has 0 saturated heterocycles. The van der Waals surface area contributed by atoms with E-state index in [-0.39, 0.29) is 11.9 Å². The molecule has 3 nitrogen and oxygen atoms in total. The third-order valence-corrected chi connectivity index (χ3v) is 5.98. The summed E-state index contributed by atoms with van der Waals surface area (Å²) >= 11 is 0. The Morgan fingerprint density at radius 3 is 2.62 bits per heavy atom. The third kappa shape index (κ3) is 4.84. The Bertz CT molecular complexity index is 969. The summed E-state index contributed by atoms with van der Waals surface area (Å²) in [7, 11) is 1.42. The molecule has 1 atom stereocenters. The van der Waals surface area contributed by atoms with Crippen LogP contribution in [-0.4, -0.2) is 18.8 Å². The molecular weight excluding hydrogens is 358 g/mol. The summed E-state index contributed by atoms with van der Waals surface area (Å²) in [5.74, 6) is -0.0944. The number of nitrogens with zero attached hydrogens (tertiary/aromatic N) is 1. The number of hydrogen-bond donors (Lipinski definition) is 0. The average molecular weight is 390 g/mol. The van der Waals surface area contributed by atoms with Crippen molar-refractivity contribution in [2.45, 2.75) is 59.3 Å². The van der Waals surface area contributed by atoms with Crippen LogP contribution in [0.2, 0.25) is 0 Å². The quantitative estimate of drug-likeness (QED) is 0.567. The second-order valence-corrected chi connectivity index (χ2v) is 8.05. The number of hydrogen-bond acceptors (Lipinski definition) is 3. The van der Waals surface area contributed by atoms with Crippen molar-refractivity contribution in [2.24, 2.45) is 4.99 Å². The lowest BCUT2D eigenvalue weighted by molar-refractivity contribution is 0.0600. The lowest BCUT2D eigenvalue weighted by Crippen LogP contribution is -2.10. The first-order chi connectivity index (χ1) is 13.9. The van der Waals surface area contributed by atoms with Gasteiger partial charge in [-0.3, -0.25) is 4.99 Å². The summed E-state index contributed by atoms with van der Waals surface area (Å²) in [6.45, 7) is 8.58. The Hall–Kier alpha value is -2.68. The lowest BCUT2D eigenvalue weighted by atomic mass is 9.84. The third-order valence-electron chi connectivity index (χ3n) is 5.98. The smallest absolute Gasteiger partial charge is 0.337 e. The van der Waals surface area contributed by atoms with Crippen LogP contribution in [0.3, 0.4) is 0 Å². The van der Waals surface area contributed by atoms with Crippen LogP contribution in [-0.2, 0) is 11.2 Å². The SMILES string of the molecule is COC(=O)c1ccc(CC(C2=CCCCC(C)=N2)c2cccc(C)c2C)c(C)c1. The standard InChI is InChI=1S/C26H31NO2/c1-17-9-8-11-23(20(17)4)24(25-12-7-6-10-19(3)27-25)16-21-13-14-22(15-18(21)2)26(28)29-5/h8-9,11-15,24H,6-7,10,16H2,1-5H3. The van der Waals surface area contributed by atoms with Crippen LogP contribution in [0, 0.1) is 20.8 Å². The van der Waals surface area contributed by atoms with Gasteiger partial charge in [-0.25, -0.2) is 4.79 Å². The van der Waals surface area contributed by atoms with Crippen molar-refractivity contribution in [1.82, 2.24) is 0 Å². The van der Waals surface area contributed by atoms with E-state index >= 15 is 0 Å². The van der Waals surface area contributed by atoms with Crippen molar-refractivity contribution in [3.63, 3.8) is 0 Å². The minimum absolute atomic E-state index is 0.200. The van der Waals surface area contributed by atoms with Gasteiger partial charge in [0.05, 0.1) is 12.7 Å². The molecule has 1 heterocycles. The molecule has 0 radical (unpaired) electrons. The predicted molar refractivity (Wildman–Crippen MR) is 120 cm³/mol. The Morgan fingerprint density at radius 2 is 1.90 bits per heavy atom. The highest BCUT2D eigenvalue weighted by atomic mass is 16.5. The number of allylic oxidation sites excluding steroid dienone is 2. The van der Waals surface area contributed by atoms with Gasteiger partial charge in [0.25, 0.3) is 0 Å². The second kappa shape index (κ2) is 9.21. The van der Waals surface area contributed by atoms with Crippen LogP contribution in [0.15, 0.2) is 53.2 Å². The number of aryl methyl sites for hydroxylation is 2. The monoisotopic (exact) mass is 389 g/mol. The minimum Gasteiger partial charge on any atom is -0.465 e. The molecule has 3 rings (SSSR count). The summed E-state index contributed by atoms with van der Waals surface area (Å²) < 4.78 is 4.87. The topological polar surface area (TPSA) is 38.7 Å². The Kier molecular flexibility index (Phi) is 6.68. The van der Waals surface area contributed by atoms with E-state index in [1.807, 2.05) is 12.1 Å². The van der Waals surface area contributed by atoms with E-state index in [0.717, 1.165) is 31.2 Å². The minimum atomic E-state index is -0.294. The summed E-state index contributed by atoms with van der Waals surface area (Å²) in [4.78, 5) is 16.9. The number of esters is 1. The maximum atomic E-state index is 11.9. The molecule has 1 unspecified atom stereocenters. The molecule has 0 aliphatic carbocycles. The first-order valence-electron chi connectivity index (χ1n) is 10.4. The summed E-state index contributed by atoms with van der Waals surface area (Å²) in [6.07, 6.45) is 6.47. The zero-order valence-corrected chi connectivity index (χ0v) is 18.2. The maximum Gasteiger partial charge on any atom is 0.337 e. The van der Waals surface area contributed by atoms with E-state index in [0.29, 0.717) is 5.56 Å². The van der Waals surface area contributed by atoms with Gasteiger partial charge in [0.2, 0.25) is 0 Å². The van der Waals surface area contributed by atoms with Gasteiger partial charge in [0.1, 0.15) is 0 Å². The van der Waals surface area contributed by atoms with E-state index in [1.54, 1.807) is 0 Å². The van der Waals surface area contributed by atoms with Gasteiger partial charge in [-0.2, -0.15) is 0 Å². The highest BCUT2D eigenvalue weighted by Crippen LogP contribution is 2.35. The molecule has 0 fully saturated rings. The van der Waals surface area contributed by atoms with Crippen molar-refractivity contribution in [1.29, 1.82) is 0 Å². The van der Waals surface area contributed by atoms with Crippen LogP contribution in [0.1, 0.15) is 70.3 Å². The van der Waals surface area contributed by atoms with Gasteiger partial charge >= 0.3 is 5.97 Å². The zero-order chi connectivity index (χ0) is 21.0. The second-order valence-electron chi connectivity index (χ2n) is 8.05. The van der Waals surface area contributed by atoms with Crippen molar-refractivity contribution < 1.29 is 9.53 Å². The van der Waals surface area contributed by atoms with Crippen LogP contribution >= 0.6 is 0 Å². The molecule has 1 aliphatic rings. The first kappa shape index (κ1) is 21.0. The predicted octanol–water partition coefficient (Wildman–Crippen LogP) is 6.25. The van der Waals surface area contributed by atoms with Gasteiger partial charge in [0.15, 0.2) is 0 Å². The van der Waals surface area contributed by atoms with E-state index in [2.05, 4.69) is 58.0 Å². The molecule has 29 heavy (non-hydrogen) atoms. The number of aliphatic imine (C=N–C) groups is 1. The molecule has 0 saturated carbocycles. The number of carbonyl (C=O) groups is 1. The molecule has 2 aromatic rings. The van der Waals surface area contributed by atoms with Crippen molar-refractivity contribution in [3.8, 4) is 0 Å². The Morgan fingerprint density at radius 1 is 1.10 bits per heavy atom. The fraction of sp³-hybridized carbons (Fsp3) is 0.385. The molecule has 152 valence electrons. The molecular formula is C26H31NO2. The zero-order valence-electron chi connectivity index (χ0n) is 18.2. The number of rotatable bonds is 5. The molecule has 0 amide bonds. The molecule has 1 aliphatic heterocycles. The maximum absolute atomic E-state index is 11.9. The lowest BCUT2D eigenvalue weighted by Gasteiger charge is -2.23. The molecule has 0 aromatic heterocycles. The van der Waals surface area contributed by atoms with Crippen molar-refractivity contribution >= 4 is 11.7 Å². The van der Waals surface area contributed by atoms with Crippen LogP contribution < -0.4 is 0 Å². The highest BCUT2D eigenvalue weighted by Gasteiger charge is 2.22. The fourth-order valence-corrected chi connectivity index (χ4v) is 4.06. The summed E-state index contributed by atoms with van der Waals surface area (Å²) in [5, 5.41) is 0. The molecule has 0 bridgehead atoms. The summed E-state index contributed by atoms with van der Waals surface area (Å²) in [6, 6.07) is 12.4. The van der Waals surface area contributed by atoms with E-state index in [4.69, 9.17) is 9.73 Å². The first-order valence-corrected chi connectivity index (χ1v) is 10.4.